The summed E-state index contributed by atoms with van der Waals surface area (Å²) in [5.41, 5.74) is 1.85. The second-order valence-electron chi connectivity index (χ2n) is 6.92. The highest BCUT2D eigenvalue weighted by molar-refractivity contribution is 5.94. The standard InChI is InChI=1S/C21H21FN2O5/c1-12-4-3-5-13(10-12)18-16(20(27)29-2)11-17(19(25)26)24(18)21(28)23-15-8-6-14(22)7-9-15/h3-10,16-18H,11H2,1-2H3,(H,23,28)(H,25,26). The summed E-state index contributed by atoms with van der Waals surface area (Å²) in [6.45, 7) is 1.86. The maximum absolute atomic E-state index is 13.1. The van der Waals surface area contributed by atoms with Crippen molar-refractivity contribution in [3.8, 4) is 0 Å². The third-order valence-electron chi connectivity index (χ3n) is 5.00. The van der Waals surface area contributed by atoms with E-state index in [1.807, 2.05) is 19.1 Å². The first-order chi connectivity index (χ1) is 13.8. The van der Waals surface area contributed by atoms with Gasteiger partial charge in [-0.15, -0.1) is 0 Å². The number of nitrogens with one attached hydrogen (secondary N) is 1. The van der Waals surface area contributed by atoms with E-state index in [1.165, 1.54) is 31.4 Å². The van der Waals surface area contributed by atoms with Crippen LogP contribution in [-0.4, -0.2) is 41.1 Å². The molecule has 0 aromatic heterocycles. The lowest BCUT2D eigenvalue weighted by molar-refractivity contribution is -0.146. The molecule has 0 radical (unpaired) electrons. The van der Waals surface area contributed by atoms with Crippen LogP contribution in [0.5, 0.6) is 0 Å². The number of aliphatic carboxylic acids is 1. The number of hydrogen-bond donors (Lipinski definition) is 2. The molecule has 3 atom stereocenters. The van der Waals surface area contributed by atoms with Crippen LogP contribution in [0.2, 0.25) is 0 Å². The van der Waals surface area contributed by atoms with Gasteiger partial charge in [0.05, 0.1) is 19.1 Å². The van der Waals surface area contributed by atoms with Crippen molar-refractivity contribution in [2.75, 3.05) is 12.4 Å². The first kappa shape index (κ1) is 20.3. The summed E-state index contributed by atoms with van der Waals surface area (Å²) in [5, 5.41) is 12.3. The Labute approximate surface area is 167 Å². The van der Waals surface area contributed by atoms with Gasteiger partial charge in [0.15, 0.2) is 0 Å². The van der Waals surface area contributed by atoms with Crippen LogP contribution in [-0.2, 0) is 14.3 Å². The van der Waals surface area contributed by atoms with Crippen molar-refractivity contribution in [2.24, 2.45) is 5.92 Å². The minimum atomic E-state index is -1.22. The molecular formula is C21H21FN2O5. The van der Waals surface area contributed by atoms with Crippen LogP contribution in [0.25, 0.3) is 0 Å². The van der Waals surface area contributed by atoms with Gasteiger partial charge in [-0.3, -0.25) is 4.79 Å². The van der Waals surface area contributed by atoms with Crippen LogP contribution < -0.4 is 5.32 Å². The fourth-order valence-electron chi connectivity index (χ4n) is 3.70. The highest BCUT2D eigenvalue weighted by Crippen LogP contribution is 2.42. The smallest absolute Gasteiger partial charge is 0.326 e. The quantitative estimate of drug-likeness (QED) is 0.768. The van der Waals surface area contributed by atoms with Gasteiger partial charge in [-0.05, 0) is 43.2 Å². The Morgan fingerprint density at radius 2 is 1.86 bits per heavy atom. The molecule has 1 fully saturated rings. The monoisotopic (exact) mass is 400 g/mol. The summed E-state index contributed by atoms with van der Waals surface area (Å²) in [5.74, 6) is -3.10. The molecule has 7 nitrogen and oxygen atoms in total. The number of carbonyl (C=O) groups excluding carboxylic acids is 2. The molecule has 0 bridgehead atoms. The number of likely N-dealkylation sites (tertiary alicyclic amines) is 1. The number of carbonyl (C=O) groups is 3. The minimum absolute atomic E-state index is 0.0720. The van der Waals surface area contributed by atoms with Gasteiger partial charge in [-0.1, -0.05) is 29.8 Å². The molecule has 29 heavy (non-hydrogen) atoms. The zero-order chi connectivity index (χ0) is 21.1. The van der Waals surface area contributed by atoms with E-state index < -0.39 is 41.8 Å². The van der Waals surface area contributed by atoms with Gasteiger partial charge in [0, 0.05) is 5.69 Å². The number of aryl methyl sites for hydroxylation is 1. The molecule has 3 unspecified atom stereocenters. The number of rotatable bonds is 4. The summed E-state index contributed by atoms with van der Waals surface area (Å²) in [7, 11) is 1.23. The molecular weight excluding hydrogens is 379 g/mol. The molecule has 3 rings (SSSR count). The van der Waals surface area contributed by atoms with Crippen LogP contribution in [0.1, 0.15) is 23.6 Å². The molecule has 2 amide bonds. The summed E-state index contributed by atoms with van der Waals surface area (Å²) in [6, 6.07) is 9.59. The number of urea groups is 1. The normalized spacial score (nSPS) is 20.9. The number of halogens is 1. The number of hydrogen-bond acceptors (Lipinski definition) is 4. The lowest BCUT2D eigenvalue weighted by atomic mass is 9.92. The molecule has 2 aromatic carbocycles. The summed E-state index contributed by atoms with van der Waals surface area (Å²) < 4.78 is 18.0. The van der Waals surface area contributed by atoms with Crippen LogP contribution in [0, 0.1) is 18.7 Å². The molecule has 152 valence electrons. The van der Waals surface area contributed by atoms with Gasteiger partial charge in [-0.25, -0.2) is 14.0 Å². The van der Waals surface area contributed by atoms with E-state index in [9.17, 15) is 23.9 Å². The fraction of sp³-hybridized carbons (Fsp3) is 0.286. The number of carboxylic acids is 1. The molecule has 8 heteroatoms. The van der Waals surface area contributed by atoms with Crippen LogP contribution in [0.4, 0.5) is 14.9 Å². The Balaban J connectivity index is 2.02. The van der Waals surface area contributed by atoms with E-state index >= 15 is 0 Å². The van der Waals surface area contributed by atoms with Gasteiger partial charge in [0.25, 0.3) is 0 Å². The topological polar surface area (TPSA) is 95.9 Å². The van der Waals surface area contributed by atoms with Crippen molar-refractivity contribution in [1.29, 1.82) is 0 Å². The van der Waals surface area contributed by atoms with Crippen molar-refractivity contribution in [1.82, 2.24) is 4.90 Å². The number of methoxy groups -OCH3 is 1. The molecule has 1 heterocycles. The molecule has 1 saturated heterocycles. The van der Waals surface area contributed by atoms with Gasteiger partial charge in [0.1, 0.15) is 11.9 Å². The molecule has 2 N–H and O–H groups in total. The molecule has 1 aliphatic heterocycles. The number of benzene rings is 2. The van der Waals surface area contributed by atoms with E-state index in [2.05, 4.69) is 5.32 Å². The van der Waals surface area contributed by atoms with E-state index in [1.54, 1.807) is 12.1 Å². The second kappa shape index (κ2) is 8.30. The first-order valence-corrected chi connectivity index (χ1v) is 9.04. The molecule has 2 aromatic rings. The Hall–Kier alpha value is -3.42. The number of esters is 1. The maximum Gasteiger partial charge on any atom is 0.326 e. The highest BCUT2D eigenvalue weighted by Gasteiger charge is 2.51. The number of nitrogens with zero attached hydrogens (tertiary/aromatic N) is 1. The van der Waals surface area contributed by atoms with Gasteiger partial charge < -0.3 is 20.1 Å². The van der Waals surface area contributed by atoms with Crippen LogP contribution in [0.3, 0.4) is 0 Å². The SMILES string of the molecule is COC(=O)C1CC(C(=O)O)N(C(=O)Nc2ccc(F)cc2)C1c1cccc(C)c1. The lowest BCUT2D eigenvalue weighted by Gasteiger charge is -2.30. The maximum atomic E-state index is 13.1. The molecule has 0 aliphatic carbocycles. The Morgan fingerprint density at radius 3 is 2.45 bits per heavy atom. The van der Waals surface area contributed by atoms with Crippen LogP contribution >= 0.6 is 0 Å². The van der Waals surface area contributed by atoms with Crippen molar-refractivity contribution in [2.45, 2.75) is 25.4 Å². The predicted molar refractivity (Wildman–Crippen MR) is 103 cm³/mol. The van der Waals surface area contributed by atoms with Crippen molar-refractivity contribution in [3.05, 3.63) is 65.5 Å². The molecule has 0 saturated carbocycles. The summed E-state index contributed by atoms with van der Waals surface area (Å²) >= 11 is 0. The van der Waals surface area contributed by atoms with E-state index in [4.69, 9.17) is 4.74 Å². The first-order valence-electron chi connectivity index (χ1n) is 9.04. The largest absolute Gasteiger partial charge is 0.480 e. The zero-order valence-corrected chi connectivity index (χ0v) is 16.0. The Bertz CT molecular complexity index is 931. The number of amides is 2. The fourth-order valence-corrected chi connectivity index (χ4v) is 3.70. The van der Waals surface area contributed by atoms with E-state index in [0.717, 1.165) is 10.5 Å². The predicted octanol–water partition coefficient (Wildman–Crippen LogP) is 3.36. The minimum Gasteiger partial charge on any atom is -0.480 e. The third-order valence-corrected chi connectivity index (χ3v) is 5.00. The highest BCUT2D eigenvalue weighted by atomic mass is 19.1. The number of carboxylic acid groups (broad SMARTS) is 1. The lowest BCUT2D eigenvalue weighted by Crippen LogP contribution is -2.44. The zero-order valence-electron chi connectivity index (χ0n) is 16.0. The van der Waals surface area contributed by atoms with Crippen molar-refractivity contribution >= 4 is 23.7 Å². The third kappa shape index (κ3) is 4.21. The molecule has 0 spiro atoms. The van der Waals surface area contributed by atoms with E-state index in [0.29, 0.717) is 11.3 Å². The van der Waals surface area contributed by atoms with Crippen molar-refractivity contribution < 1.29 is 28.6 Å². The second-order valence-corrected chi connectivity index (χ2v) is 6.92. The van der Waals surface area contributed by atoms with Crippen molar-refractivity contribution in [3.63, 3.8) is 0 Å². The Morgan fingerprint density at radius 1 is 1.17 bits per heavy atom. The number of ether oxygens (including phenoxy) is 1. The van der Waals surface area contributed by atoms with Gasteiger partial charge in [-0.2, -0.15) is 0 Å². The Kier molecular flexibility index (Phi) is 5.81. The van der Waals surface area contributed by atoms with Gasteiger partial charge in [0.2, 0.25) is 0 Å². The molecule has 1 aliphatic rings. The van der Waals surface area contributed by atoms with Crippen LogP contribution in [0.15, 0.2) is 48.5 Å². The number of anilines is 1. The average Bonchev–Trinajstić information content (AvgIpc) is 3.10. The average molecular weight is 400 g/mol. The van der Waals surface area contributed by atoms with E-state index in [-0.39, 0.29) is 6.42 Å². The van der Waals surface area contributed by atoms with Gasteiger partial charge >= 0.3 is 18.0 Å². The summed E-state index contributed by atoms with van der Waals surface area (Å²) in [4.78, 5) is 38.5. The summed E-state index contributed by atoms with van der Waals surface area (Å²) in [6.07, 6.45) is -0.0720.